The molecule has 0 radical (unpaired) electrons. The lowest BCUT2D eigenvalue weighted by atomic mass is 9.80. The van der Waals surface area contributed by atoms with Crippen LogP contribution in [-0.2, 0) is 9.59 Å². The minimum atomic E-state index is -4.68. The molecule has 0 aromatic rings. The Morgan fingerprint density at radius 3 is 2.30 bits per heavy atom. The lowest BCUT2D eigenvalue weighted by molar-refractivity contribution is -0.194. The van der Waals surface area contributed by atoms with E-state index in [0.717, 1.165) is 0 Å². The Morgan fingerprint density at radius 2 is 1.90 bits per heavy atom. The Labute approximate surface area is 112 Å². The monoisotopic (exact) mass is 293 g/mol. The van der Waals surface area contributed by atoms with Gasteiger partial charge in [-0.25, -0.2) is 9.69 Å². The number of likely N-dealkylation sites (tertiary alicyclic amines) is 1. The smallest absolute Gasteiger partial charge is 0.414 e. The third kappa shape index (κ3) is 2.16. The minimum Gasteiger partial charge on any atom is -0.465 e. The van der Waals surface area contributed by atoms with Crippen molar-refractivity contribution in [3.63, 3.8) is 0 Å². The van der Waals surface area contributed by atoms with Crippen molar-refractivity contribution in [2.45, 2.75) is 32.4 Å². The SMILES string of the molecule is CC1CC(C(=O)C2(C(F)(F)F)CC2)C(=O)N(C(=O)O)C1. The molecule has 2 fully saturated rings. The topological polar surface area (TPSA) is 74.7 Å². The van der Waals surface area contributed by atoms with E-state index in [4.69, 9.17) is 5.11 Å². The number of piperidine rings is 1. The number of carbonyl (C=O) groups excluding carboxylic acids is 2. The molecule has 1 saturated carbocycles. The normalized spacial score (nSPS) is 29.2. The summed E-state index contributed by atoms with van der Waals surface area (Å²) in [7, 11) is 0. The molecular weight excluding hydrogens is 279 g/mol. The first-order valence-corrected chi connectivity index (χ1v) is 6.25. The van der Waals surface area contributed by atoms with E-state index in [1.54, 1.807) is 6.92 Å². The molecule has 0 spiro atoms. The molecular formula is C12H14F3NO4. The molecule has 1 heterocycles. The molecule has 1 saturated heterocycles. The van der Waals surface area contributed by atoms with Gasteiger partial charge in [-0.3, -0.25) is 9.59 Å². The zero-order valence-electron chi connectivity index (χ0n) is 10.7. The van der Waals surface area contributed by atoms with Gasteiger partial charge in [-0.2, -0.15) is 13.2 Å². The number of nitrogens with zero attached hydrogens (tertiary/aromatic N) is 1. The molecule has 1 N–H and O–H groups in total. The van der Waals surface area contributed by atoms with Crippen LogP contribution in [-0.4, -0.2) is 40.5 Å². The standard InChI is InChI=1S/C12H14F3NO4/c1-6-4-7(9(18)16(5-6)10(19)20)8(17)11(2-3-11)12(13,14)15/h6-7H,2-5H2,1H3,(H,19,20). The summed E-state index contributed by atoms with van der Waals surface area (Å²) in [5, 5.41) is 8.88. The molecule has 2 unspecified atom stereocenters. The van der Waals surface area contributed by atoms with E-state index in [1.165, 1.54) is 0 Å². The number of amides is 2. The maximum absolute atomic E-state index is 12.9. The van der Waals surface area contributed by atoms with E-state index < -0.39 is 35.3 Å². The first-order chi connectivity index (χ1) is 9.10. The zero-order valence-corrected chi connectivity index (χ0v) is 10.7. The van der Waals surface area contributed by atoms with Crippen LogP contribution in [0.15, 0.2) is 0 Å². The highest BCUT2D eigenvalue weighted by Gasteiger charge is 2.69. The lowest BCUT2D eigenvalue weighted by Gasteiger charge is -2.34. The number of ketones is 1. The van der Waals surface area contributed by atoms with Gasteiger partial charge in [-0.15, -0.1) is 0 Å². The van der Waals surface area contributed by atoms with Crippen molar-refractivity contribution in [2.75, 3.05) is 6.54 Å². The van der Waals surface area contributed by atoms with Crippen molar-refractivity contribution < 1.29 is 32.7 Å². The molecule has 2 atom stereocenters. The number of carboxylic acid groups (broad SMARTS) is 1. The predicted molar refractivity (Wildman–Crippen MR) is 59.7 cm³/mol. The highest BCUT2D eigenvalue weighted by atomic mass is 19.4. The number of halogens is 3. The Kier molecular flexibility index (Phi) is 3.30. The van der Waals surface area contributed by atoms with Crippen molar-refractivity contribution in [2.24, 2.45) is 17.3 Å². The second-order valence-corrected chi connectivity index (χ2v) is 5.57. The van der Waals surface area contributed by atoms with Crippen molar-refractivity contribution in [1.29, 1.82) is 0 Å². The van der Waals surface area contributed by atoms with Crippen LogP contribution in [0.2, 0.25) is 0 Å². The first kappa shape index (κ1) is 14.8. The van der Waals surface area contributed by atoms with E-state index in [1.807, 2.05) is 0 Å². The van der Waals surface area contributed by atoms with Gasteiger partial charge >= 0.3 is 12.3 Å². The van der Waals surface area contributed by atoms with E-state index >= 15 is 0 Å². The fourth-order valence-corrected chi connectivity index (χ4v) is 2.69. The molecule has 0 aromatic carbocycles. The van der Waals surface area contributed by atoms with Crippen LogP contribution in [0.4, 0.5) is 18.0 Å². The van der Waals surface area contributed by atoms with E-state index in [-0.39, 0.29) is 31.7 Å². The highest BCUT2D eigenvalue weighted by Crippen LogP contribution is 2.59. The van der Waals surface area contributed by atoms with Gasteiger partial charge in [0.2, 0.25) is 5.91 Å². The number of imide groups is 1. The minimum absolute atomic E-state index is 0.0285. The third-order valence-corrected chi connectivity index (χ3v) is 4.01. The largest absolute Gasteiger partial charge is 0.465 e. The van der Waals surface area contributed by atoms with Gasteiger partial charge in [0, 0.05) is 6.54 Å². The highest BCUT2D eigenvalue weighted by molar-refractivity contribution is 6.09. The van der Waals surface area contributed by atoms with Gasteiger partial charge in [0.15, 0.2) is 5.78 Å². The molecule has 2 aliphatic rings. The summed E-state index contributed by atoms with van der Waals surface area (Å²) in [5.74, 6) is -4.04. The molecule has 1 aliphatic carbocycles. The van der Waals surface area contributed by atoms with Gasteiger partial charge in [-0.1, -0.05) is 6.92 Å². The number of carbonyl (C=O) groups is 3. The Bertz CT molecular complexity index is 470. The fourth-order valence-electron chi connectivity index (χ4n) is 2.69. The summed E-state index contributed by atoms with van der Waals surface area (Å²) in [6.45, 7) is 1.52. The van der Waals surface area contributed by atoms with Crippen LogP contribution in [0, 0.1) is 17.3 Å². The van der Waals surface area contributed by atoms with Gasteiger partial charge in [0.25, 0.3) is 0 Å². The van der Waals surface area contributed by atoms with Crippen molar-refractivity contribution in [3.8, 4) is 0 Å². The Morgan fingerprint density at radius 1 is 1.35 bits per heavy atom. The van der Waals surface area contributed by atoms with Crippen LogP contribution in [0.1, 0.15) is 26.2 Å². The zero-order chi connectivity index (χ0) is 15.3. The lowest BCUT2D eigenvalue weighted by Crippen LogP contribution is -2.52. The van der Waals surface area contributed by atoms with Crippen LogP contribution in [0.25, 0.3) is 0 Å². The molecule has 0 bridgehead atoms. The first-order valence-electron chi connectivity index (χ1n) is 6.25. The predicted octanol–water partition coefficient (Wildman–Crippen LogP) is 2.06. The van der Waals surface area contributed by atoms with Gasteiger partial charge < -0.3 is 5.11 Å². The van der Waals surface area contributed by atoms with Gasteiger partial charge in [0.1, 0.15) is 5.41 Å². The Hall–Kier alpha value is -1.60. The summed E-state index contributed by atoms with van der Waals surface area (Å²) in [5.41, 5.74) is -2.44. The maximum atomic E-state index is 12.9. The molecule has 2 rings (SSSR count). The third-order valence-electron chi connectivity index (χ3n) is 4.01. The summed E-state index contributed by atoms with van der Waals surface area (Å²) in [6, 6.07) is 0. The molecule has 20 heavy (non-hydrogen) atoms. The maximum Gasteiger partial charge on any atom is 0.414 e. The average molecular weight is 293 g/mol. The van der Waals surface area contributed by atoms with Crippen LogP contribution in [0.3, 0.4) is 0 Å². The van der Waals surface area contributed by atoms with Crippen LogP contribution in [0.5, 0.6) is 0 Å². The molecule has 8 heteroatoms. The molecule has 0 aromatic heterocycles. The molecule has 112 valence electrons. The Balaban J connectivity index is 2.26. The second-order valence-electron chi connectivity index (χ2n) is 5.57. The van der Waals surface area contributed by atoms with Crippen LogP contribution >= 0.6 is 0 Å². The summed E-state index contributed by atoms with van der Waals surface area (Å²) >= 11 is 0. The number of alkyl halides is 3. The van der Waals surface area contributed by atoms with Crippen molar-refractivity contribution in [3.05, 3.63) is 0 Å². The number of hydrogen-bond acceptors (Lipinski definition) is 3. The van der Waals surface area contributed by atoms with Gasteiger partial charge in [0.05, 0.1) is 5.92 Å². The van der Waals surface area contributed by atoms with Crippen LogP contribution < -0.4 is 0 Å². The van der Waals surface area contributed by atoms with E-state index in [2.05, 4.69) is 0 Å². The van der Waals surface area contributed by atoms with E-state index in [0.29, 0.717) is 4.90 Å². The van der Waals surface area contributed by atoms with Crippen molar-refractivity contribution in [1.82, 2.24) is 4.90 Å². The second kappa shape index (κ2) is 4.46. The summed E-state index contributed by atoms with van der Waals surface area (Å²) in [4.78, 5) is 35.4. The number of hydrogen-bond donors (Lipinski definition) is 1. The summed E-state index contributed by atoms with van der Waals surface area (Å²) < 4.78 is 38.8. The van der Waals surface area contributed by atoms with E-state index in [9.17, 15) is 27.6 Å². The quantitative estimate of drug-likeness (QED) is 0.791. The van der Waals surface area contributed by atoms with Crippen molar-refractivity contribution >= 4 is 17.8 Å². The fraction of sp³-hybridized carbons (Fsp3) is 0.750. The number of rotatable bonds is 2. The average Bonchev–Trinajstić information content (AvgIpc) is 3.10. The number of Topliss-reactive ketones (excluding diaryl/α,β-unsaturated/α-hetero) is 1. The molecule has 1 aliphatic heterocycles. The summed E-state index contributed by atoms with van der Waals surface area (Å²) in [6.07, 6.45) is -6.88. The van der Waals surface area contributed by atoms with Gasteiger partial charge in [-0.05, 0) is 25.2 Å². The molecule has 2 amide bonds. The molecule has 5 nitrogen and oxygen atoms in total.